The standard InChI is InChI=1S/C16H22N4/c1-11-7-8-12(2)19(11)17-15(5)16(6)18-20-13(3)9-10-14(20)4/h7-10H,1-6H3/b17-15-,18-16-. The van der Waals surface area contributed by atoms with Crippen LogP contribution in [0.3, 0.4) is 0 Å². The van der Waals surface area contributed by atoms with Crippen LogP contribution in [0.4, 0.5) is 0 Å². The van der Waals surface area contributed by atoms with E-state index in [1.807, 2.05) is 23.2 Å². The van der Waals surface area contributed by atoms with Gasteiger partial charge < -0.3 is 0 Å². The summed E-state index contributed by atoms with van der Waals surface area (Å²) in [5, 5.41) is 9.29. The topological polar surface area (TPSA) is 34.6 Å². The molecule has 0 aliphatic carbocycles. The molecule has 2 heterocycles. The predicted molar refractivity (Wildman–Crippen MR) is 84.8 cm³/mol. The van der Waals surface area contributed by atoms with Gasteiger partial charge in [0.1, 0.15) is 0 Å². The van der Waals surface area contributed by atoms with Gasteiger partial charge in [-0.1, -0.05) is 0 Å². The molecule has 2 aromatic heterocycles. The van der Waals surface area contributed by atoms with Gasteiger partial charge in [0.2, 0.25) is 0 Å². The Morgan fingerprint density at radius 2 is 0.900 bits per heavy atom. The summed E-state index contributed by atoms with van der Waals surface area (Å²) < 4.78 is 3.90. The van der Waals surface area contributed by atoms with Crippen molar-refractivity contribution in [3.63, 3.8) is 0 Å². The van der Waals surface area contributed by atoms with E-state index in [1.54, 1.807) is 0 Å². The zero-order valence-corrected chi connectivity index (χ0v) is 13.1. The largest absolute Gasteiger partial charge is 0.242 e. The normalized spacial score (nSPS) is 13.1. The Kier molecular flexibility index (Phi) is 3.93. The fraction of sp³-hybridized carbons (Fsp3) is 0.375. The first kappa shape index (κ1) is 14.3. The Balaban J connectivity index is 2.36. The second-order valence-corrected chi connectivity index (χ2v) is 5.23. The summed E-state index contributed by atoms with van der Waals surface area (Å²) in [5.41, 5.74) is 6.34. The molecule has 0 bridgehead atoms. The van der Waals surface area contributed by atoms with Crippen LogP contribution in [0.5, 0.6) is 0 Å². The van der Waals surface area contributed by atoms with E-state index >= 15 is 0 Å². The van der Waals surface area contributed by atoms with Crippen molar-refractivity contribution < 1.29 is 0 Å². The van der Waals surface area contributed by atoms with Gasteiger partial charge in [0.05, 0.1) is 11.4 Å². The van der Waals surface area contributed by atoms with E-state index in [-0.39, 0.29) is 0 Å². The van der Waals surface area contributed by atoms with Gasteiger partial charge in [-0.25, -0.2) is 9.35 Å². The fourth-order valence-corrected chi connectivity index (χ4v) is 2.08. The molecule has 0 unspecified atom stereocenters. The highest BCUT2D eigenvalue weighted by atomic mass is 15.4. The molecule has 0 fully saturated rings. The van der Waals surface area contributed by atoms with Crippen LogP contribution in [0.25, 0.3) is 0 Å². The molecule has 0 saturated carbocycles. The van der Waals surface area contributed by atoms with Crippen molar-refractivity contribution in [3.05, 3.63) is 47.0 Å². The number of aromatic nitrogens is 2. The Bertz CT molecular complexity index is 584. The molecule has 20 heavy (non-hydrogen) atoms. The first-order valence-electron chi connectivity index (χ1n) is 6.81. The molecule has 0 spiro atoms. The zero-order valence-electron chi connectivity index (χ0n) is 13.1. The maximum absolute atomic E-state index is 4.65. The first-order chi connectivity index (χ1) is 9.40. The monoisotopic (exact) mass is 270 g/mol. The molecule has 2 rings (SSSR count). The van der Waals surface area contributed by atoms with Crippen molar-refractivity contribution in [2.75, 3.05) is 0 Å². The van der Waals surface area contributed by atoms with E-state index in [1.165, 1.54) is 0 Å². The molecule has 4 nitrogen and oxygen atoms in total. The highest BCUT2D eigenvalue weighted by Gasteiger charge is 2.04. The lowest BCUT2D eigenvalue weighted by Crippen LogP contribution is -2.12. The second kappa shape index (κ2) is 5.49. The quantitative estimate of drug-likeness (QED) is 0.763. The number of hydrogen-bond donors (Lipinski definition) is 0. The third-order valence-corrected chi connectivity index (χ3v) is 3.49. The van der Waals surface area contributed by atoms with Crippen molar-refractivity contribution in [2.24, 2.45) is 10.2 Å². The highest BCUT2D eigenvalue weighted by Crippen LogP contribution is 2.09. The minimum absolute atomic E-state index is 0.917. The number of hydrogen-bond acceptors (Lipinski definition) is 2. The molecule has 0 aromatic carbocycles. The Labute approximate surface area is 120 Å². The molecule has 2 aromatic rings. The first-order valence-corrected chi connectivity index (χ1v) is 6.81. The van der Waals surface area contributed by atoms with Crippen LogP contribution in [0, 0.1) is 27.7 Å². The van der Waals surface area contributed by atoms with Crippen LogP contribution in [-0.4, -0.2) is 20.8 Å². The van der Waals surface area contributed by atoms with Crippen LogP contribution in [-0.2, 0) is 0 Å². The van der Waals surface area contributed by atoms with E-state index in [4.69, 9.17) is 0 Å². The van der Waals surface area contributed by atoms with Gasteiger partial charge in [0, 0.05) is 22.8 Å². The number of aryl methyl sites for hydroxylation is 4. The molecule has 0 aliphatic heterocycles. The van der Waals surface area contributed by atoms with Crippen molar-refractivity contribution in [2.45, 2.75) is 41.5 Å². The SMILES string of the molecule is CC(=N/n1c(C)ccc1C)/C(C)=N\n1c(C)ccc1C. The molecular formula is C16H22N4. The lowest BCUT2D eigenvalue weighted by Gasteiger charge is -2.07. The van der Waals surface area contributed by atoms with E-state index in [2.05, 4.69) is 62.2 Å². The van der Waals surface area contributed by atoms with Gasteiger partial charge >= 0.3 is 0 Å². The number of rotatable bonds is 3. The third kappa shape index (κ3) is 2.74. The molecule has 4 heteroatoms. The fourth-order valence-electron chi connectivity index (χ4n) is 2.08. The van der Waals surface area contributed by atoms with Crippen molar-refractivity contribution in [3.8, 4) is 0 Å². The number of nitrogens with zero attached hydrogens (tertiary/aromatic N) is 4. The Morgan fingerprint density at radius 3 is 1.15 bits per heavy atom. The van der Waals surface area contributed by atoms with E-state index < -0.39 is 0 Å². The van der Waals surface area contributed by atoms with Crippen molar-refractivity contribution in [1.82, 2.24) is 9.35 Å². The van der Waals surface area contributed by atoms with Gasteiger partial charge in [-0.3, -0.25) is 0 Å². The van der Waals surface area contributed by atoms with Crippen LogP contribution in [0.2, 0.25) is 0 Å². The maximum Gasteiger partial charge on any atom is 0.0812 e. The van der Waals surface area contributed by atoms with Crippen molar-refractivity contribution >= 4 is 11.4 Å². The molecular weight excluding hydrogens is 248 g/mol. The summed E-state index contributed by atoms with van der Waals surface area (Å²) in [4.78, 5) is 0. The third-order valence-electron chi connectivity index (χ3n) is 3.49. The average Bonchev–Trinajstić information content (AvgIpc) is 2.88. The van der Waals surface area contributed by atoms with Gasteiger partial charge in [-0.15, -0.1) is 0 Å². The smallest absolute Gasteiger partial charge is 0.0812 e. The predicted octanol–water partition coefficient (Wildman–Crippen LogP) is 3.67. The van der Waals surface area contributed by atoms with Gasteiger partial charge in [-0.05, 0) is 65.8 Å². The van der Waals surface area contributed by atoms with Gasteiger partial charge in [-0.2, -0.15) is 10.2 Å². The summed E-state index contributed by atoms with van der Waals surface area (Å²) in [6, 6.07) is 8.27. The minimum Gasteiger partial charge on any atom is -0.242 e. The van der Waals surface area contributed by atoms with Crippen LogP contribution >= 0.6 is 0 Å². The zero-order chi connectivity index (χ0) is 14.9. The summed E-state index contributed by atoms with van der Waals surface area (Å²) in [5.74, 6) is 0. The highest BCUT2D eigenvalue weighted by molar-refractivity contribution is 6.40. The molecule has 106 valence electrons. The van der Waals surface area contributed by atoms with Crippen LogP contribution < -0.4 is 0 Å². The van der Waals surface area contributed by atoms with E-state index in [0.29, 0.717) is 0 Å². The van der Waals surface area contributed by atoms with Gasteiger partial charge in [0.25, 0.3) is 0 Å². The van der Waals surface area contributed by atoms with Crippen LogP contribution in [0.1, 0.15) is 36.6 Å². The summed E-state index contributed by atoms with van der Waals surface area (Å²) in [7, 11) is 0. The molecule has 0 radical (unpaired) electrons. The average molecular weight is 270 g/mol. The summed E-state index contributed by atoms with van der Waals surface area (Å²) in [6.45, 7) is 12.2. The Morgan fingerprint density at radius 1 is 0.650 bits per heavy atom. The minimum atomic E-state index is 0.917. The maximum atomic E-state index is 4.65. The van der Waals surface area contributed by atoms with Crippen LogP contribution in [0.15, 0.2) is 34.5 Å². The molecule has 0 amide bonds. The molecule has 0 N–H and O–H groups in total. The Hall–Kier alpha value is -2.10. The van der Waals surface area contributed by atoms with E-state index in [0.717, 1.165) is 34.2 Å². The molecule has 0 atom stereocenters. The van der Waals surface area contributed by atoms with Crippen molar-refractivity contribution in [1.29, 1.82) is 0 Å². The van der Waals surface area contributed by atoms with Gasteiger partial charge in [0.15, 0.2) is 0 Å². The lowest BCUT2D eigenvalue weighted by molar-refractivity contribution is 0.805. The lowest BCUT2D eigenvalue weighted by atomic mass is 10.3. The molecule has 0 aliphatic rings. The summed E-state index contributed by atoms with van der Waals surface area (Å²) >= 11 is 0. The van der Waals surface area contributed by atoms with E-state index in [9.17, 15) is 0 Å². The molecule has 0 saturated heterocycles. The summed E-state index contributed by atoms with van der Waals surface area (Å²) in [6.07, 6.45) is 0. The second-order valence-electron chi connectivity index (χ2n) is 5.23.